The highest BCUT2D eigenvalue weighted by Crippen LogP contribution is 2.10. The van der Waals surface area contributed by atoms with Gasteiger partial charge in [-0.05, 0) is 39.0 Å². The number of benzene rings is 1. The molecule has 16 heavy (non-hydrogen) atoms. The summed E-state index contributed by atoms with van der Waals surface area (Å²) in [6.07, 6.45) is 0. The van der Waals surface area contributed by atoms with Gasteiger partial charge in [0.25, 0.3) is 0 Å². The molecule has 0 aromatic heterocycles. The van der Waals surface area contributed by atoms with Crippen LogP contribution in [0.4, 0.5) is 10.5 Å². The number of nitriles is 1. The molecule has 0 heterocycles. The molecule has 0 bridgehead atoms. The summed E-state index contributed by atoms with van der Waals surface area (Å²) in [6, 6.07) is 8.52. The van der Waals surface area contributed by atoms with Crippen LogP contribution in [0.25, 0.3) is 0 Å². The average Bonchev–Trinajstić information content (AvgIpc) is 2.15. The first-order chi connectivity index (χ1) is 7.40. The van der Waals surface area contributed by atoms with Gasteiger partial charge in [0.1, 0.15) is 0 Å². The van der Waals surface area contributed by atoms with E-state index in [9.17, 15) is 4.79 Å². The van der Waals surface area contributed by atoms with E-state index in [1.807, 2.05) is 26.8 Å². The van der Waals surface area contributed by atoms with Crippen molar-refractivity contribution in [3.63, 3.8) is 0 Å². The zero-order valence-electron chi connectivity index (χ0n) is 9.66. The number of urea groups is 1. The number of hydrogen-bond donors (Lipinski definition) is 2. The maximum Gasteiger partial charge on any atom is 0.319 e. The second kappa shape index (κ2) is 4.67. The molecular weight excluding hydrogens is 202 g/mol. The summed E-state index contributed by atoms with van der Waals surface area (Å²) in [4.78, 5) is 11.5. The number of carbonyl (C=O) groups excluding carboxylic acids is 1. The fourth-order valence-corrected chi connectivity index (χ4v) is 1.17. The summed E-state index contributed by atoms with van der Waals surface area (Å²) >= 11 is 0. The van der Waals surface area contributed by atoms with Crippen molar-refractivity contribution in [2.75, 3.05) is 5.32 Å². The van der Waals surface area contributed by atoms with E-state index in [4.69, 9.17) is 5.26 Å². The molecule has 0 saturated carbocycles. The van der Waals surface area contributed by atoms with Crippen LogP contribution >= 0.6 is 0 Å². The second-order valence-corrected chi connectivity index (χ2v) is 4.52. The van der Waals surface area contributed by atoms with E-state index in [2.05, 4.69) is 10.6 Å². The van der Waals surface area contributed by atoms with E-state index in [-0.39, 0.29) is 11.6 Å². The highest BCUT2D eigenvalue weighted by Gasteiger charge is 2.13. The van der Waals surface area contributed by atoms with Gasteiger partial charge < -0.3 is 10.6 Å². The number of nitrogens with one attached hydrogen (secondary N) is 2. The Balaban J connectivity index is 2.67. The van der Waals surface area contributed by atoms with Gasteiger partial charge in [-0.3, -0.25) is 0 Å². The summed E-state index contributed by atoms with van der Waals surface area (Å²) < 4.78 is 0. The van der Waals surface area contributed by atoms with Crippen LogP contribution in [0.2, 0.25) is 0 Å². The minimum Gasteiger partial charge on any atom is -0.333 e. The van der Waals surface area contributed by atoms with Crippen LogP contribution in [0.1, 0.15) is 26.3 Å². The molecule has 0 spiro atoms. The SMILES string of the molecule is CC(C)(C)NC(=O)Nc1cccc(C#N)c1. The summed E-state index contributed by atoms with van der Waals surface area (Å²) in [5, 5.41) is 14.1. The molecule has 0 unspecified atom stereocenters. The number of hydrogen-bond acceptors (Lipinski definition) is 2. The normalized spacial score (nSPS) is 10.4. The van der Waals surface area contributed by atoms with Gasteiger partial charge in [-0.15, -0.1) is 0 Å². The van der Waals surface area contributed by atoms with Crippen molar-refractivity contribution in [1.82, 2.24) is 5.32 Å². The van der Waals surface area contributed by atoms with Crippen molar-refractivity contribution in [1.29, 1.82) is 5.26 Å². The van der Waals surface area contributed by atoms with Crippen molar-refractivity contribution in [2.24, 2.45) is 0 Å². The topological polar surface area (TPSA) is 64.9 Å². The number of anilines is 1. The zero-order valence-corrected chi connectivity index (χ0v) is 9.66. The lowest BCUT2D eigenvalue weighted by Gasteiger charge is -2.20. The van der Waals surface area contributed by atoms with Gasteiger partial charge >= 0.3 is 6.03 Å². The van der Waals surface area contributed by atoms with Crippen molar-refractivity contribution < 1.29 is 4.79 Å². The van der Waals surface area contributed by atoms with Gasteiger partial charge in [0, 0.05) is 11.2 Å². The summed E-state index contributed by atoms with van der Waals surface area (Å²) in [5.74, 6) is 0. The van der Waals surface area contributed by atoms with Crippen LogP contribution in [-0.4, -0.2) is 11.6 Å². The van der Waals surface area contributed by atoms with E-state index in [0.717, 1.165) is 0 Å². The van der Waals surface area contributed by atoms with Crippen molar-refractivity contribution in [3.8, 4) is 6.07 Å². The van der Waals surface area contributed by atoms with Crippen molar-refractivity contribution in [2.45, 2.75) is 26.3 Å². The van der Waals surface area contributed by atoms with Gasteiger partial charge in [0.2, 0.25) is 0 Å². The lowest BCUT2D eigenvalue weighted by molar-refractivity contribution is 0.244. The fraction of sp³-hybridized carbons (Fsp3) is 0.333. The molecule has 0 saturated heterocycles. The lowest BCUT2D eigenvalue weighted by Crippen LogP contribution is -2.43. The maximum absolute atomic E-state index is 11.5. The Morgan fingerprint density at radius 3 is 2.62 bits per heavy atom. The maximum atomic E-state index is 11.5. The Labute approximate surface area is 95.3 Å². The molecule has 0 fully saturated rings. The molecule has 2 amide bonds. The van der Waals surface area contributed by atoms with Gasteiger partial charge in [0.05, 0.1) is 11.6 Å². The Morgan fingerprint density at radius 2 is 2.06 bits per heavy atom. The Kier molecular flexibility index (Phi) is 3.51. The molecule has 4 nitrogen and oxygen atoms in total. The third-order valence-corrected chi connectivity index (χ3v) is 1.74. The third kappa shape index (κ3) is 4.01. The molecule has 1 aromatic carbocycles. The van der Waals surface area contributed by atoms with E-state index in [0.29, 0.717) is 11.3 Å². The first kappa shape index (κ1) is 12.1. The molecule has 84 valence electrons. The highest BCUT2D eigenvalue weighted by molar-refractivity contribution is 5.89. The van der Waals surface area contributed by atoms with Crippen LogP contribution < -0.4 is 10.6 Å². The third-order valence-electron chi connectivity index (χ3n) is 1.74. The number of amides is 2. The van der Waals surface area contributed by atoms with Gasteiger partial charge in [0.15, 0.2) is 0 Å². The van der Waals surface area contributed by atoms with E-state index in [1.54, 1.807) is 24.3 Å². The van der Waals surface area contributed by atoms with Crippen LogP contribution in [0, 0.1) is 11.3 Å². The molecule has 0 aliphatic heterocycles. The monoisotopic (exact) mass is 217 g/mol. The molecular formula is C12H15N3O. The average molecular weight is 217 g/mol. The molecule has 0 atom stereocenters. The number of carbonyl (C=O) groups is 1. The molecule has 2 N–H and O–H groups in total. The summed E-state index contributed by atoms with van der Waals surface area (Å²) in [6.45, 7) is 5.70. The minimum atomic E-state index is -0.281. The Bertz CT molecular complexity index is 427. The number of nitrogens with zero attached hydrogens (tertiary/aromatic N) is 1. The summed E-state index contributed by atoms with van der Waals surface area (Å²) in [7, 11) is 0. The minimum absolute atomic E-state index is 0.275. The smallest absolute Gasteiger partial charge is 0.319 e. The molecule has 0 radical (unpaired) electrons. The lowest BCUT2D eigenvalue weighted by atomic mass is 10.1. The zero-order chi connectivity index (χ0) is 12.2. The predicted octanol–water partition coefficient (Wildman–Crippen LogP) is 2.48. The second-order valence-electron chi connectivity index (χ2n) is 4.52. The standard InChI is InChI=1S/C12H15N3O/c1-12(2,3)15-11(16)14-10-6-4-5-9(7-10)8-13/h4-7H,1-3H3,(H2,14,15,16). The number of rotatable bonds is 1. The Hall–Kier alpha value is -2.02. The van der Waals surface area contributed by atoms with E-state index in [1.165, 1.54) is 0 Å². The largest absolute Gasteiger partial charge is 0.333 e. The van der Waals surface area contributed by atoms with Crippen LogP contribution in [-0.2, 0) is 0 Å². The Morgan fingerprint density at radius 1 is 1.38 bits per heavy atom. The molecule has 1 rings (SSSR count). The van der Waals surface area contributed by atoms with Gasteiger partial charge in [-0.1, -0.05) is 6.07 Å². The van der Waals surface area contributed by atoms with E-state index >= 15 is 0 Å². The summed E-state index contributed by atoms with van der Waals surface area (Å²) in [5.41, 5.74) is 0.853. The van der Waals surface area contributed by atoms with Crippen LogP contribution in [0.3, 0.4) is 0 Å². The highest BCUT2D eigenvalue weighted by atomic mass is 16.2. The molecule has 0 aliphatic carbocycles. The van der Waals surface area contributed by atoms with Crippen LogP contribution in [0.5, 0.6) is 0 Å². The first-order valence-corrected chi connectivity index (χ1v) is 5.00. The van der Waals surface area contributed by atoms with E-state index < -0.39 is 0 Å². The van der Waals surface area contributed by atoms with Crippen LogP contribution in [0.15, 0.2) is 24.3 Å². The van der Waals surface area contributed by atoms with Crippen molar-refractivity contribution >= 4 is 11.7 Å². The quantitative estimate of drug-likeness (QED) is 0.759. The molecule has 0 aliphatic rings. The predicted molar refractivity (Wildman–Crippen MR) is 63.1 cm³/mol. The fourth-order valence-electron chi connectivity index (χ4n) is 1.17. The van der Waals surface area contributed by atoms with Gasteiger partial charge in [-0.2, -0.15) is 5.26 Å². The molecule has 4 heteroatoms. The van der Waals surface area contributed by atoms with Crippen molar-refractivity contribution in [3.05, 3.63) is 29.8 Å². The molecule has 1 aromatic rings. The first-order valence-electron chi connectivity index (χ1n) is 5.00. The van der Waals surface area contributed by atoms with Gasteiger partial charge in [-0.25, -0.2) is 4.79 Å².